The minimum atomic E-state index is -0.463. The van der Waals surface area contributed by atoms with E-state index in [2.05, 4.69) is 5.32 Å². The molecule has 1 saturated heterocycles. The predicted molar refractivity (Wildman–Crippen MR) is 88.9 cm³/mol. The average molecular weight is 335 g/mol. The average Bonchev–Trinajstić information content (AvgIpc) is 2.90. The number of carbonyl (C=O) groups excluding carboxylic acids is 4. The molecule has 116 valence electrons. The van der Waals surface area contributed by atoms with Crippen LogP contribution in [0.4, 0.5) is 4.79 Å². The fraction of sp³-hybridized carbons (Fsp3) is 0. The second-order valence-corrected chi connectivity index (χ2v) is 6.38. The second kappa shape index (κ2) is 5.28. The van der Waals surface area contributed by atoms with Crippen molar-refractivity contribution in [1.82, 2.24) is 5.32 Å². The minimum absolute atomic E-state index is 0.192. The van der Waals surface area contributed by atoms with Gasteiger partial charge in [0.1, 0.15) is 0 Å². The number of fused-ring (bicyclic) bond motifs is 2. The molecule has 1 N–H and O–H groups in total. The quantitative estimate of drug-likeness (QED) is 0.692. The summed E-state index contributed by atoms with van der Waals surface area (Å²) in [7, 11) is 0. The summed E-state index contributed by atoms with van der Waals surface area (Å²) in [5.41, 5.74) is 2.02. The number of amides is 2. The number of hydrogen-bond donors (Lipinski definition) is 1. The van der Waals surface area contributed by atoms with Crippen LogP contribution in [0.3, 0.4) is 0 Å². The third-order valence-electron chi connectivity index (χ3n) is 3.89. The molecule has 4 rings (SSSR count). The summed E-state index contributed by atoms with van der Waals surface area (Å²) in [5, 5.41) is 1.75. The molecule has 0 radical (unpaired) electrons. The van der Waals surface area contributed by atoms with Crippen molar-refractivity contribution < 1.29 is 19.2 Å². The lowest BCUT2D eigenvalue weighted by molar-refractivity contribution is -0.115. The van der Waals surface area contributed by atoms with Crippen molar-refractivity contribution in [3.8, 4) is 0 Å². The maximum atomic E-state index is 12.6. The Labute approximate surface area is 140 Å². The highest BCUT2D eigenvalue weighted by Gasteiger charge is 2.30. The molecule has 1 heterocycles. The first-order valence-corrected chi connectivity index (χ1v) is 7.93. The molecular weight excluding hydrogens is 326 g/mol. The van der Waals surface area contributed by atoms with E-state index in [-0.39, 0.29) is 16.5 Å². The first-order chi connectivity index (χ1) is 11.5. The summed E-state index contributed by atoms with van der Waals surface area (Å²) in [6.45, 7) is 0. The molecule has 2 aliphatic rings. The smallest absolute Gasteiger partial charge is 0.289 e. The molecule has 2 aromatic carbocycles. The van der Waals surface area contributed by atoms with E-state index in [0.717, 1.165) is 11.8 Å². The lowest BCUT2D eigenvalue weighted by atomic mass is 9.83. The lowest BCUT2D eigenvalue weighted by Gasteiger charge is -2.17. The number of hydrogen-bond acceptors (Lipinski definition) is 5. The zero-order chi connectivity index (χ0) is 16.8. The Morgan fingerprint density at radius 2 is 1.42 bits per heavy atom. The largest absolute Gasteiger partial charge is 0.290 e. The Morgan fingerprint density at radius 3 is 2.04 bits per heavy atom. The van der Waals surface area contributed by atoms with Crippen molar-refractivity contribution >= 4 is 40.6 Å². The van der Waals surface area contributed by atoms with Crippen LogP contribution < -0.4 is 5.32 Å². The minimum Gasteiger partial charge on any atom is -0.289 e. The normalized spacial score (nSPS) is 17.8. The predicted octanol–water partition coefficient (Wildman–Crippen LogP) is 2.79. The molecule has 24 heavy (non-hydrogen) atoms. The van der Waals surface area contributed by atoms with Gasteiger partial charge in [0.25, 0.3) is 11.1 Å². The van der Waals surface area contributed by atoms with Crippen LogP contribution in [0.1, 0.15) is 37.4 Å². The number of nitrogens with one attached hydrogen (secondary N) is 1. The van der Waals surface area contributed by atoms with Gasteiger partial charge in [-0.05, 0) is 35.5 Å². The molecule has 6 heteroatoms. The number of carbonyl (C=O) groups is 4. The van der Waals surface area contributed by atoms with Gasteiger partial charge in [-0.2, -0.15) is 0 Å². The van der Waals surface area contributed by atoms with E-state index in [1.807, 2.05) is 0 Å². The number of thioether (sulfide) groups is 1. The summed E-state index contributed by atoms with van der Waals surface area (Å²) in [4.78, 5) is 48.3. The first kappa shape index (κ1) is 14.6. The van der Waals surface area contributed by atoms with Crippen LogP contribution >= 0.6 is 11.8 Å². The number of ketones is 2. The van der Waals surface area contributed by atoms with Crippen LogP contribution in [-0.2, 0) is 4.79 Å². The molecule has 1 aliphatic carbocycles. The molecule has 0 spiro atoms. The monoisotopic (exact) mass is 335 g/mol. The molecule has 0 bridgehead atoms. The summed E-state index contributed by atoms with van der Waals surface area (Å²) in [6.07, 6.45) is 1.53. The SMILES string of the molecule is O=C1NC(=O)/C(=C\c2ccc3c(c2)C(=O)c2ccccc2C3=O)S1. The highest BCUT2D eigenvalue weighted by Crippen LogP contribution is 2.30. The molecule has 2 aromatic rings. The van der Waals surface area contributed by atoms with Crippen molar-refractivity contribution in [2.75, 3.05) is 0 Å². The van der Waals surface area contributed by atoms with Crippen LogP contribution in [0.5, 0.6) is 0 Å². The van der Waals surface area contributed by atoms with Crippen LogP contribution in [0.15, 0.2) is 47.4 Å². The molecule has 1 aliphatic heterocycles. The fourth-order valence-electron chi connectivity index (χ4n) is 2.78. The highest BCUT2D eigenvalue weighted by atomic mass is 32.2. The van der Waals surface area contributed by atoms with Crippen molar-refractivity contribution in [1.29, 1.82) is 0 Å². The molecule has 0 aromatic heterocycles. The van der Waals surface area contributed by atoms with Gasteiger partial charge in [-0.15, -0.1) is 0 Å². The molecule has 5 nitrogen and oxygen atoms in total. The standard InChI is InChI=1S/C18H9NO4S/c20-15-10-3-1-2-4-11(10)16(21)13-7-9(5-6-12(13)15)8-14-17(22)19-18(23)24-14/h1-8H,(H,19,22,23)/b14-8+. The van der Waals surface area contributed by atoms with Gasteiger partial charge in [0.2, 0.25) is 0 Å². The molecule has 0 saturated carbocycles. The Balaban J connectivity index is 1.80. The number of rotatable bonds is 1. The maximum absolute atomic E-state index is 12.6. The summed E-state index contributed by atoms with van der Waals surface area (Å²) < 4.78 is 0. The van der Waals surface area contributed by atoms with Crippen LogP contribution in [0.25, 0.3) is 6.08 Å². The topological polar surface area (TPSA) is 80.3 Å². The molecular formula is C18H9NO4S. The molecule has 0 unspecified atom stereocenters. The van der Waals surface area contributed by atoms with Crippen LogP contribution in [0, 0.1) is 0 Å². The van der Waals surface area contributed by atoms with E-state index < -0.39 is 11.1 Å². The Kier molecular flexibility index (Phi) is 3.21. The van der Waals surface area contributed by atoms with Gasteiger partial charge in [-0.25, -0.2) is 0 Å². The third-order valence-corrected chi connectivity index (χ3v) is 4.70. The van der Waals surface area contributed by atoms with Gasteiger partial charge < -0.3 is 0 Å². The van der Waals surface area contributed by atoms with Crippen LogP contribution in [-0.4, -0.2) is 22.7 Å². The zero-order valence-corrected chi connectivity index (χ0v) is 13.0. The summed E-state index contributed by atoms with van der Waals surface area (Å²) >= 11 is 0.805. The summed E-state index contributed by atoms with van der Waals surface area (Å²) in [5.74, 6) is -0.877. The van der Waals surface area contributed by atoms with E-state index >= 15 is 0 Å². The number of imide groups is 1. The van der Waals surface area contributed by atoms with Crippen LogP contribution in [0.2, 0.25) is 0 Å². The molecule has 1 fully saturated rings. The van der Waals surface area contributed by atoms with Gasteiger partial charge in [-0.1, -0.05) is 30.3 Å². The second-order valence-electron chi connectivity index (χ2n) is 5.36. The maximum Gasteiger partial charge on any atom is 0.290 e. The van der Waals surface area contributed by atoms with Crippen molar-refractivity contribution in [2.24, 2.45) is 0 Å². The van der Waals surface area contributed by atoms with E-state index in [4.69, 9.17) is 0 Å². The van der Waals surface area contributed by atoms with Crippen molar-refractivity contribution in [3.05, 3.63) is 75.2 Å². The van der Waals surface area contributed by atoms with Gasteiger partial charge in [0.05, 0.1) is 4.91 Å². The Morgan fingerprint density at radius 1 is 0.792 bits per heavy atom. The van der Waals surface area contributed by atoms with Gasteiger partial charge in [-0.3, -0.25) is 24.5 Å². The van der Waals surface area contributed by atoms with Gasteiger partial charge in [0.15, 0.2) is 11.6 Å². The van der Waals surface area contributed by atoms with Crippen molar-refractivity contribution in [3.63, 3.8) is 0 Å². The summed E-state index contributed by atoms with van der Waals surface area (Å²) in [6, 6.07) is 11.5. The first-order valence-electron chi connectivity index (χ1n) is 7.12. The Bertz CT molecular complexity index is 990. The van der Waals surface area contributed by atoms with Gasteiger partial charge in [0, 0.05) is 22.3 Å². The Hall–Kier alpha value is -2.99. The number of benzene rings is 2. The fourth-order valence-corrected chi connectivity index (χ4v) is 3.46. The van der Waals surface area contributed by atoms with E-state index in [1.54, 1.807) is 42.5 Å². The lowest BCUT2D eigenvalue weighted by Crippen LogP contribution is -2.20. The van der Waals surface area contributed by atoms with E-state index in [1.165, 1.54) is 6.08 Å². The van der Waals surface area contributed by atoms with E-state index in [9.17, 15) is 19.2 Å². The molecule has 0 atom stereocenters. The van der Waals surface area contributed by atoms with Crippen molar-refractivity contribution in [2.45, 2.75) is 0 Å². The van der Waals surface area contributed by atoms with E-state index in [0.29, 0.717) is 27.8 Å². The third kappa shape index (κ3) is 2.19. The zero-order valence-electron chi connectivity index (χ0n) is 12.2. The highest BCUT2D eigenvalue weighted by molar-refractivity contribution is 8.18. The van der Waals surface area contributed by atoms with Gasteiger partial charge >= 0.3 is 0 Å². The molecule has 2 amide bonds.